The summed E-state index contributed by atoms with van der Waals surface area (Å²) in [4.78, 5) is 15.6. The van der Waals surface area contributed by atoms with Crippen molar-refractivity contribution in [1.29, 1.82) is 0 Å². The first-order valence-corrected chi connectivity index (χ1v) is 6.66. The van der Waals surface area contributed by atoms with Gasteiger partial charge in [0.2, 0.25) is 0 Å². The van der Waals surface area contributed by atoms with Crippen LogP contribution in [-0.2, 0) is 0 Å². The van der Waals surface area contributed by atoms with Crippen molar-refractivity contribution in [1.82, 2.24) is 14.7 Å². The Balaban J connectivity index is 2.16. The number of halogens is 1. The fourth-order valence-corrected chi connectivity index (χ4v) is 2.76. The minimum Gasteiger partial charge on any atom is -0.476 e. The maximum absolute atomic E-state index is 11.3. The molecule has 0 aliphatic carbocycles. The number of nitrogens with one attached hydrogen (secondary N) is 1. The van der Waals surface area contributed by atoms with E-state index in [1.54, 1.807) is 18.3 Å². The molecule has 1 atom stereocenters. The Hall–Kier alpha value is -1.59. The number of imidazole rings is 1. The zero-order valence-corrected chi connectivity index (χ0v) is 11.0. The lowest BCUT2D eigenvalue weighted by atomic mass is 9.99. The van der Waals surface area contributed by atoms with Gasteiger partial charge < -0.3 is 14.8 Å². The molecule has 19 heavy (non-hydrogen) atoms. The third-order valence-electron chi connectivity index (χ3n) is 3.50. The van der Waals surface area contributed by atoms with Gasteiger partial charge in [0.1, 0.15) is 5.82 Å². The second-order valence-electron chi connectivity index (χ2n) is 4.77. The van der Waals surface area contributed by atoms with E-state index in [9.17, 15) is 9.90 Å². The molecular formula is C13H14ClN3O2. The molecule has 1 fully saturated rings. The summed E-state index contributed by atoms with van der Waals surface area (Å²) in [5, 5.41) is 13.1. The molecule has 2 N–H and O–H groups in total. The Morgan fingerprint density at radius 3 is 3.11 bits per heavy atom. The molecular weight excluding hydrogens is 266 g/mol. The fraction of sp³-hybridized carbons (Fsp3) is 0.385. The van der Waals surface area contributed by atoms with Crippen LogP contribution in [0.1, 0.15) is 35.1 Å². The largest absolute Gasteiger partial charge is 0.476 e. The smallest absolute Gasteiger partial charge is 0.356 e. The van der Waals surface area contributed by atoms with Crippen LogP contribution in [0.2, 0.25) is 5.02 Å². The van der Waals surface area contributed by atoms with E-state index in [4.69, 9.17) is 11.6 Å². The van der Waals surface area contributed by atoms with Crippen LogP contribution in [0.5, 0.6) is 0 Å². The van der Waals surface area contributed by atoms with Crippen LogP contribution >= 0.6 is 11.6 Å². The van der Waals surface area contributed by atoms with E-state index in [0.717, 1.165) is 31.8 Å². The number of pyridine rings is 1. The molecule has 1 saturated heterocycles. The summed E-state index contributed by atoms with van der Waals surface area (Å²) in [5.41, 5.74) is 0.628. The van der Waals surface area contributed by atoms with Crippen LogP contribution in [0.15, 0.2) is 18.3 Å². The average Bonchev–Trinajstić information content (AvgIpc) is 2.78. The number of nitrogens with zero attached hydrogens (tertiary/aromatic N) is 2. The number of piperidine rings is 1. The molecule has 3 rings (SSSR count). The van der Waals surface area contributed by atoms with Gasteiger partial charge in [0, 0.05) is 23.7 Å². The number of carboxylic acids is 1. The van der Waals surface area contributed by atoms with E-state index in [2.05, 4.69) is 10.3 Å². The minimum atomic E-state index is -1.02. The molecule has 1 aliphatic heterocycles. The van der Waals surface area contributed by atoms with Gasteiger partial charge in [0.15, 0.2) is 5.69 Å². The third-order valence-corrected chi connectivity index (χ3v) is 3.73. The highest BCUT2D eigenvalue weighted by Crippen LogP contribution is 2.26. The van der Waals surface area contributed by atoms with E-state index in [0.29, 0.717) is 10.5 Å². The lowest BCUT2D eigenvalue weighted by molar-refractivity contribution is 0.0693. The number of carbonyl (C=O) groups is 1. The Morgan fingerprint density at radius 1 is 1.58 bits per heavy atom. The molecule has 1 aliphatic rings. The summed E-state index contributed by atoms with van der Waals surface area (Å²) in [6.45, 7) is 1.85. The zero-order valence-electron chi connectivity index (χ0n) is 10.3. The number of aromatic nitrogens is 2. The van der Waals surface area contributed by atoms with Crippen LogP contribution in [0, 0.1) is 0 Å². The number of aromatic carboxylic acids is 1. The van der Waals surface area contributed by atoms with Crippen molar-refractivity contribution in [2.45, 2.75) is 18.8 Å². The molecule has 0 aromatic carbocycles. The van der Waals surface area contributed by atoms with Gasteiger partial charge in [-0.1, -0.05) is 11.6 Å². The average molecular weight is 280 g/mol. The predicted octanol–water partition coefficient (Wildman–Crippen LogP) is 2.15. The molecule has 100 valence electrons. The summed E-state index contributed by atoms with van der Waals surface area (Å²) in [7, 11) is 0. The van der Waals surface area contributed by atoms with Crippen molar-refractivity contribution in [2.24, 2.45) is 0 Å². The molecule has 0 spiro atoms. The van der Waals surface area contributed by atoms with Crippen molar-refractivity contribution in [3.63, 3.8) is 0 Å². The first kappa shape index (κ1) is 12.4. The molecule has 5 nitrogen and oxygen atoms in total. The first-order chi connectivity index (χ1) is 9.16. The number of hydrogen-bond acceptors (Lipinski definition) is 3. The van der Waals surface area contributed by atoms with Gasteiger partial charge in [-0.2, -0.15) is 0 Å². The molecule has 0 amide bonds. The van der Waals surface area contributed by atoms with Gasteiger partial charge in [0.05, 0.1) is 5.52 Å². The van der Waals surface area contributed by atoms with Crippen molar-refractivity contribution in [3.05, 3.63) is 34.9 Å². The van der Waals surface area contributed by atoms with Crippen LogP contribution < -0.4 is 5.32 Å². The number of fused-ring (bicyclic) bond motifs is 1. The quantitative estimate of drug-likeness (QED) is 0.884. The van der Waals surface area contributed by atoms with E-state index in [1.165, 1.54) is 0 Å². The monoisotopic (exact) mass is 279 g/mol. The van der Waals surface area contributed by atoms with E-state index < -0.39 is 5.97 Å². The number of rotatable bonds is 2. The van der Waals surface area contributed by atoms with Gasteiger partial charge >= 0.3 is 5.97 Å². The van der Waals surface area contributed by atoms with Gasteiger partial charge in [0.25, 0.3) is 0 Å². The zero-order chi connectivity index (χ0) is 13.4. The Labute approximate surface area is 115 Å². The van der Waals surface area contributed by atoms with E-state index in [-0.39, 0.29) is 11.6 Å². The SMILES string of the molecule is O=C(O)c1nc(C2CCCNC2)n2ccc(Cl)cc12. The van der Waals surface area contributed by atoms with Crippen LogP contribution in [0.25, 0.3) is 5.52 Å². The summed E-state index contributed by atoms with van der Waals surface area (Å²) in [6.07, 6.45) is 3.89. The number of carboxylic acid groups (broad SMARTS) is 1. The molecule has 2 aromatic heterocycles. The van der Waals surface area contributed by atoms with Crippen LogP contribution in [0.4, 0.5) is 0 Å². The molecule has 6 heteroatoms. The van der Waals surface area contributed by atoms with Crippen molar-refractivity contribution in [2.75, 3.05) is 13.1 Å². The van der Waals surface area contributed by atoms with Gasteiger partial charge in [-0.3, -0.25) is 0 Å². The lowest BCUT2D eigenvalue weighted by Crippen LogP contribution is -2.29. The maximum atomic E-state index is 11.3. The molecule has 0 saturated carbocycles. The van der Waals surface area contributed by atoms with Gasteiger partial charge in [-0.05, 0) is 31.5 Å². The number of hydrogen-bond donors (Lipinski definition) is 2. The normalized spacial score (nSPS) is 19.7. The molecule has 3 heterocycles. The summed E-state index contributed by atoms with van der Waals surface area (Å²) < 4.78 is 1.84. The highest BCUT2D eigenvalue weighted by Gasteiger charge is 2.24. The highest BCUT2D eigenvalue weighted by atomic mass is 35.5. The summed E-state index contributed by atoms with van der Waals surface area (Å²) in [5.74, 6) is 0.0292. The molecule has 2 aromatic rings. The van der Waals surface area contributed by atoms with E-state index in [1.807, 2.05) is 4.40 Å². The third kappa shape index (κ3) is 2.19. The fourth-order valence-electron chi connectivity index (χ4n) is 2.60. The lowest BCUT2D eigenvalue weighted by Gasteiger charge is -2.21. The summed E-state index contributed by atoms with van der Waals surface area (Å²) >= 11 is 5.94. The van der Waals surface area contributed by atoms with Crippen LogP contribution in [0.3, 0.4) is 0 Å². The molecule has 0 radical (unpaired) electrons. The minimum absolute atomic E-state index is 0.0723. The van der Waals surface area contributed by atoms with Crippen LogP contribution in [-0.4, -0.2) is 33.6 Å². The second-order valence-corrected chi connectivity index (χ2v) is 5.20. The van der Waals surface area contributed by atoms with Gasteiger partial charge in [-0.15, -0.1) is 0 Å². The van der Waals surface area contributed by atoms with E-state index >= 15 is 0 Å². The van der Waals surface area contributed by atoms with Crippen molar-refractivity contribution >= 4 is 23.1 Å². The van der Waals surface area contributed by atoms with Crippen molar-refractivity contribution in [3.8, 4) is 0 Å². The van der Waals surface area contributed by atoms with Crippen molar-refractivity contribution < 1.29 is 9.90 Å². The topological polar surface area (TPSA) is 66.6 Å². The van der Waals surface area contributed by atoms with Gasteiger partial charge in [-0.25, -0.2) is 9.78 Å². The molecule has 1 unspecified atom stereocenters. The Bertz CT molecular complexity index is 632. The maximum Gasteiger partial charge on any atom is 0.356 e. The Kier molecular flexibility index (Phi) is 3.16. The first-order valence-electron chi connectivity index (χ1n) is 6.28. The second kappa shape index (κ2) is 4.83. The predicted molar refractivity (Wildman–Crippen MR) is 72.0 cm³/mol. The highest BCUT2D eigenvalue weighted by molar-refractivity contribution is 6.31. The Morgan fingerprint density at radius 2 is 2.42 bits per heavy atom. The molecule has 0 bridgehead atoms. The standard InChI is InChI=1S/C13H14ClN3O2/c14-9-3-5-17-10(6-9)11(13(18)19)16-12(17)8-2-1-4-15-7-8/h3,5-6,8,15H,1-2,4,7H2,(H,18,19). The summed E-state index contributed by atoms with van der Waals surface area (Å²) in [6, 6.07) is 3.40.